The Morgan fingerprint density at radius 3 is 2.87 bits per heavy atom. The van der Waals surface area contributed by atoms with Crippen molar-refractivity contribution in [3.05, 3.63) is 49.2 Å². The van der Waals surface area contributed by atoms with Gasteiger partial charge in [-0.25, -0.2) is 4.98 Å². The summed E-state index contributed by atoms with van der Waals surface area (Å²) in [4.78, 5) is 11.1. The molecule has 0 aliphatic carbocycles. The number of nitrogens with zero attached hydrogens (tertiary/aromatic N) is 3. The first-order valence-electron chi connectivity index (χ1n) is 7.73. The van der Waals surface area contributed by atoms with Crippen LogP contribution in [0.3, 0.4) is 0 Å². The van der Waals surface area contributed by atoms with Crippen molar-refractivity contribution in [1.29, 1.82) is 0 Å². The maximum absolute atomic E-state index is 5.43. The number of ether oxygens (including phenoxy) is 1. The third-order valence-electron chi connectivity index (χ3n) is 3.59. The van der Waals surface area contributed by atoms with E-state index in [-0.39, 0.29) is 0 Å². The zero-order chi connectivity index (χ0) is 15.9. The Labute approximate surface area is 136 Å². The largest absolute Gasteiger partial charge is 0.378 e. The molecule has 0 atom stereocenters. The van der Waals surface area contributed by atoms with Gasteiger partial charge < -0.3 is 20.3 Å². The molecule has 0 spiro atoms. The van der Waals surface area contributed by atoms with E-state index in [0.29, 0.717) is 12.5 Å². The first-order valence-corrected chi connectivity index (χ1v) is 7.73. The minimum Gasteiger partial charge on any atom is -0.378 e. The van der Waals surface area contributed by atoms with Crippen LogP contribution in [-0.4, -0.2) is 42.8 Å². The van der Waals surface area contributed by atoms with Crippen LogP contribution in [0, 0.1) is 0 Å². The molecule has 0 amide bonds. The molecule has 6 nitrogen and oxygen atoms in total. The van der Waals surface area contributed by atoms with E-state index < -0.39 is 0 Å². The van der Waals surface area contributed by atoms with Crippen LogP contribution in [0.25, 0.3) is 0 Å². The summed E-state index contributed by atoms with van der Waals surface area (Å²) in [6.45, 7) is 7.65. The minimum absolute atomic E-state index is 0.569. The molecule has 1 fully saturated rings. The summed E-state index contributed by atoms with van der Waals surface area (Å²) in [6.07, 6.45) is 3.53. The topological polar surface area (TPSA) is 62.3 Å². The molecular weight excluding hydrogens is 290 g/mol. The molecule has 2 heterocycles. The van der Waals surface area contributed by atoms with Gasteiger partial charge in [0.05, 0.1) is 24.6 Å². The molecule has 1 aliphatic heterocycles. The molecule has 120 valence electrons. The molecule has 1 aliphatic rings. The van der Waals surface area contributed by atoms with Crippen molar-refractivity contribution in [3.63, 3.8) is 0 Å². The summed E-state index contributed by atoms with van der Waals surface area (Å²) in [5, 5.41) is 6.48. The highest BCUT2D eigenvalue weighted by molar-refractivity contribution is 5.73. The van der Waals surface area contributed by atoms with Crippen molar-refractivity contribution in [3.8, 4) is 0 Å². The van der Waals surface area contributed by atoms with Crippen LogP contribution in [0.1, 0.15) is 0 Å². The zero-order valence-electron chi connectivity index (χ0n) is 13.0. The Bertz CT molecular complexity index is 655. The van der Waals surface area contributed by atoms with Crippen LogP contribution in [-0.2, 0) is 4.74 Å². The molecule has 2 aromatic rings. The van der Waals surface area contributed by atoms with Gasteiger partial charge in [-0.15, -0.1) is 6.58 Å². The van der Waals surface area contributed by atoms with E-state index in [1.807, 2.05) is 24.3 Å². The van der Waals surface area contributed by atoms with E-state index in [1.165, 1.54) is 0 Å². The second kappa shape index (κ2) is 7.60. The van der Waals surface area contributed by atoms with E-state index in [0.717, 1.165) is 43.5 Å². The van der Waals surface area contributed by atoms with E-state index in [1.54, 1.807) is 12.3 Å². The van der Waals surface area contributed by atoms with Crippen molar-refractivity contribution >= 4 is 23.1 Å². The lowest BCUT2D eigenvalue weighted by Gasteiger charge is -2.30. The Morgan fingerprint density at radius 1 is 1.22 bits per heavy atom. The second-order valence-corrected chi connectivity index (χ2v) is 5.18. The van der Waals surface area contributed by atoms with Gasteiger partial charge in [-0.3, -0.25) is 0 Å². The van der Waals surface area contributed by atoms with E-state index in [4.69, 9.17) is 4.74 Å². The monoisotopic (exact) mass is 311 g/mol. The summed E-state index contributed by atoms with van der Waals surface area (Å²) in [5.74, 6) is 1.34. The average molecular weight is 311 g/mol. The number of para-hydroxylation sites is 2. The number of rotatable bonds is 6. The van der Waals surface area contributed by atoms with E-state index in [9.17, 15) is 0 Å². The third-order valence-corrected chi connectivity index (χ3v) is 3.59. The van der Waals surface area contributed by atoms with Gasteiger partial charge in [-0.2, -0.15) is 4.98 Å². The Hall–Kier alpha value is -2.60. The normalized spacial score (nSPS) is 14.3. The lowest BCUT2D eigenvalue weighted by atomic mass is 10.2. The Balaban J connectivity index is 1.78. The molecule has 0 bridgehead atoms. The number of anilines is 4. The van der Waals surface area contributed by atoms with Crippen LogP contribution in [0.15, 0.2) is 49.2 Å². The molecule has 1 aromatic heterocycles. The molecule has 0 unspecified atom stereocenters. The van der Waals surface area contributed by atoms with Crippen LogP contribution >= 0.6 is 0 Å². The molecule has 3 rings (SSSR count). The van der Waals surface area contributed by atoms with Crippen LogP contribution < -0.4 is 15.5 Å². The van der Waals surface area contributed by atoms with Crippen LogP contribution in [0.5, 0.6) is 0 Å². The highest BCUT2D eigenvalue weighted by atomic mass is 16.5. The Morgan fingerprint density at radius 2 is 2.04 bits per heavy atom. The van der Waals surface area contributed by atoms with E-state index >= 15 is 0 Å². The molecular formula is C17H21N5O. The first kappa shape index (κ1) is 15.3. The van der Waals surface area contributed by atoms with Gasteiger partial charge >= 0.3 is 0 Å². The summed E-state index contributed by atoms with van der Waals surface area (Å²) < 4.78 is 5.43. The zero-order valence-corrected chi connectivity index (χ0v) is 13.0. The number of hydrogen-bond donors (Lipinski definition) is 2. The quantitative estimate of drug-likeness (QED) is 0.800. The summed E-state index contributed by atoms with van der Waals surface area (Å²) >= 11 is 0. The van der Waals surface area contributed by atoms with Gasteiger partial charge in [0, 0.05) is 25.8 Å². The smallest absolute Gasteiger partial charge is 0.229 e. The SMILES string of the molecule is C=CCNc1ccnc(Nc2ccccc2N2CCOCC2)n1. The number of nitrogens with one attached hydrogen (secondary N) is 2. The fourth-order valence-corrected chi connectivity index (χ4v) is 2.47. The van der Waals surface area contributed by atoms with Crippen LogP contribution in [0.4, 0.5) is 23.1 Å². The molecule has 2 N–H and O–H groups in total. The molecule has 0 saturated carbocycles. The standard InChI is InChI=1S/C17H21N5O/c1-2-8-18-16-7-9-19-17(21-16)20-14-5-3-4-6-15(14)22-10-12-23-13-11-22/h2-7,9H,1,8,10-13H2,(H2,18,19,20,21). The summed E-state index contributed by atoms with van der Waals surface area (Å²) in [5.41, 5.74) is 2.14. The highest BCUT2D eigenvalue weighted by Crippen LogP contribution is 2.28. The van der Waals surface area contributed by atoms with Gasteiger partial charge in [0.15, 0.2) is 0 Å². The van der Waals surface area contributed by atoms with Crippen LogP contribution in [0.2, 0.25) is 0 Å². The highest BCUT2D eigenvalue weighted by Gasteiger charge is 2.14. The van der Waals surface area contributed by atoms with Crippen molar-refractivity contribution in [2.24, 2.45) is 0 Å². The predicted molar refractivity (Wildman–Crippen MR) is 93.5 cm³/mol. The van der Waals surface area contributed by atoms with Crippen molar-refractivity contribution in [1.82, 2.24) is 9.97 Å². The van der Waals surface area contributed by atoms with Crippen molar-refractivity contribution in [2.45, 2.75) is 0 Å². The second-order valence-electron chi connectivity index (χ2n) is 5.18. The van der Waals surface area contributed by atoms with Gasteiger partial charge in [-0.1, -0.05) is 18.2 Å². The Kier molecular flexibility index (Phi) is 5.06. The molecule has 23 heavy (non-hydrogen) atoms. The number of morpholine rings is 1. The maximum Gasteiger partial charge on any atom is 0.229 e. The predicted octanol–water partition coefficient (Wildman–Crippen LogP) is 2.65. The lowest BCUT2D eigenvalue weighted by Crippen LogP contribution is -2.36. The van der Waals surface area contributed by atoms with Gasteiger partial charge in [0.25, 0.3) is 0 Å². The van der Waals surface area contributed by atoms with Crippen molar-refractivity contribution < 1.29 is 4.74 Å². The van der Waals surface area contributed by atoms with E-state index in [2.05, 4.69) is 38.1 Å². The minimum atomic E-state index is 0.569. The van der Waals surface area contributed by atoms with Gasteiger partial charge in [0.1, 0.15) is 5.82 Å². The summed E-state index contributed by atoms with van der Waals surface area (Å²) in [7, 11) is 0. The summed E-state index contributed by atoms with van der Waals surface area (Å²) in [6, 6.07) is 10.0. The number of benzene rings is 1. The lowest BCUT2D eigenvalue weighted by molar-refractivity contribution is 0.123. The van der Waals surface area contributed by atoms with Gasteiger partial charge in [0.2, 0.25) is 5.95 Å². The fraction of sp³-hybridized carbons (Fsp3) is 0.294. The number of hydrogen-bond acceptors (Lipinski definition) is 6. The molecule has 6 heteroatoms. The third kappa shape index (κ3) is 3.98. The first-order chi connectivity index (χ1) is 11.4. The van der Waals surface area contributed by atoms with Gasteiger partial charge in [-0.05, 0) is 18.2 Å². The number of aromatic nitrogens is 2. The van der Waals surface area contributed by atoms with Crippen molar-refractivity contribution in [2.75, 3.05) is 48.4 Å². The molecule has 1 aromatic carbocycles. The average Bonchev–Trinajstić information content (AvgIpc) is 2.61. The fourth-order valence-electron chi connectivity index (χ4n) is 2.47. The molecule has 0 radical (unpaired) electrons. The maximum atomic E-state index is 5.43. The molecule has 1 saturated heterocycles.